The third-order valence-corrected chi connectivity index (χ3v) is 4.78. The van der Waals surface area contributed by atoms with Gasteiger partial charge in [-0.25, -0.2) is 0 Å². The predicted molar refractivity (Wildman–Crippen MR) is 104 cm³/mol. The Morgan fingerprint density at radius 2 is 2.00 bits per heavy atom. The fraction of sp³-hybridized carbons (Fsp3) is 0.400. The van der Waals surface area contributed by atoms with Crippen molar-refractivity contribution in [2.75, 3.05) is 26.7 Å². The lowest BCUT2D eigenvalue weighted by atomic mass is 9.96. The summed E-state index contributed by atoms with van der Waals surface area (Å²) in [6.07, 6.45) is 1.39. The number of rotatable bonds is 6. The Hall–Kier alpha value is -2.11. The summed E-state index contributed by atoms with van der Waals surface area (Å²) in [6, 6.07) is 14.3. The van der Waals surface area contributed by atoms with Crippen molar-refractivity contribution in [3.05, 3.63) is 48.0 Å². The van der Waals surface area contributed by atoms with E-state index in [0.717, 1.165) is 23.9 Å². The van der Waals surface area contributed by atoms with E-state index in [9.17, 15) is 9.59 Å². The van der Waals surface area contributed by atoms with E-state index >= 15 is 0 Å². The van der Waals surface area contributed by atoms with Crippen LogP contribution in [0.1, 0.15) is 12.0 Å². The molecular formula is C20H25ClN2O3. The highest BCUT2D eigenvalue weighted by molar-refractivity contribution is 5.85. The van der Waals surface area contributed by atoms with E-state index in [1.807, 2.05) is 18.2 Å². The Balaban J connectivity index is 0.00000243. The maximum Gasteiger partial charge on any atom is 0.310 e. The average Bonchev–Trinajstić information content (AvgIpc) is 3.19. The Morgan fingerprint density at radius 3 is 2.69 bits per heavy atom. The van der Waals surface area contributed by atoms with Crippen LogP contribution in [0.3, 0.4) is 0 Å². The number of carbonyl (C=O) groups is 2. The second kappa shape index (κ2) is 9.55. The first kappa shape index (κ1) is 20.2. The van der Waals surface area contributed by atoms with E-state index in [1.54, 1.807) is 0 Å². The minimum Gasteiger partial charge on any atom is -0.469 e. The Morgan fingerprint density at radius 1 is 1.23 bits per heavy atom. The number of ether oxygens (including phenoxy) is 1. The van der Waals surface area contributed by atoms with Gasteiger partial charge < -0.3 is 15.4 Å². The summed E-state index contributed by atoms with van der Waals surface area (Å²) >= 11 is 0. The van der Waals surface area contributed by atoms with Gasteiger partial charge in [0.05, 0.1) is 18.9 Å². The molecule has 0 bridgehead atoms. The van der Waals surface area contributed by atoms with Gasteiger partial charge in [-0.15, -0.1) is 12.4 Å². The van der Waals surface area contributed by atoms with Gasteiger partial charge in [-0.2, -0.15) is 0 Å². The predicted octanol–water partition coefficient (Wildman–Crippen LogP) is 2.32. The molecule has 2 N–H and O–H groups in total. The van der Waals surface area contributed by atoms with Crippen molar-refractivity contribution in [2.24, 2.45) is 11.8 Å². The number of halogens is 1. The van der Waals surface area contributed by atoms with Crippen LogP contribution in [-0.2, 0) is 20.7 Å². The van der Waals surface area contributed by atoms with Gasteiger partial charge in [-0.3, -0.25) is 9.59 Å². The molecule has 0 saturated carbocycles. The topological polar surface area (TPSA) is 67.4 Å². The average molecular weight is 377 g/mol. The number of hydrogen-bond donors (Lipinski definition) is 2. The molecule has 0 spiro atoms. The zero-order chi connectivity index (χ0) is 17.6. The Bertz CT molecular complexity index is 760. The second-order valence-electron chi connectivity index (χ2n) is 6.54. The number of benzene rings is 2. The first-order chi connectivity index (χ1) is 12.2. The van der Waals surface area contributed by atoms with Gasteiger partial charge >= 0.3 is 5.97 Å². The van der Waals surface area contributed by atoms with E-state index in [0.29, 0.717) is 19.5 Å². The summed E-state index contributed by atoms with van der Waals surface area (Å²) in [5, 5.41) is 8.41. The molecule has 1 heterocycles. The molecule has 2 aromatic rings. The van der Waals surface area contributed by atoms with E-state index < -0.39 is 0 Å². The first-order valence-electron chi connectivity index (χ1n) is 8.71. The SMILES string of the molecule is COC(=O)C(CNC(=O)C1CCNC1)Cc1ccc2ccccc2c1.Cl. The van der Waals surface area contributed by atoms with Crippen molar-refractivity contribution in [3.8, 4) is 0 Å². The molecule has 1 saturated heterocycles. The molecule has 0 radical (unpaired) electrons. The second-order valence-corrected chi connectivity index (χ2v) is 6.54. The van der Waals surface area contributed by atoms with E-state index in [1.165, 1.54) is 12.5 Å². The number of nitrogens with one attached hydrogen (secondary N) is 2. The molecule has 2 unspecified atom stereocenters. The molecule has 2 atom stereocenters. The van der Waals surface area contributed by atoms with Gasteiger partial charge in [0.15, 0.2) is 0 Å². The first-order valence-corrected chi connectivity index (χ1v) is 8.71. The normalized spacial score (nSPS) is 17.3. The largest absolute Gasteiger partial charge is 0.469 e. The summed E-state index contributed by atoms with van der Waals surface area (Å²) in [5.41, 5.74) is 1.06. The third-order valence-electron chi connectivity index (χ3n) is 4.78. The summed E-state index contributed by atoms with van der Waals surface area (Å²) in [7, 11) is 1.39. The molecule has 1 aliphatic heterocycles. The van der Waals surface area contributed by atoms with E-state index in [-0.39, 0.29) is 36.1 Å². The maximum absolute atomic E-state index is 12.2. The van der Waals surface area contributed by atoms with Crippen molar-refractivity contribution in [2.45, 2.75) is 12.8 Å². The smallest absolute Gasteiger partial charge is 0.310 e. The van der Waals surface area contributed by atoms with Crippen LogP contribution in [0.25, 0.3) is 10.8 Å². The fourth-order valence-electron chi connectivity index (χ4n) is 3.30. The lowest BCUT2D eigenvalue weighted by Crippen LogP contribution is -2.38. The van der Waals surface area contributed by atoms with Gasteiger partial charge in [-0.1, -0.05) is 42.5 Å². The number of fused-ring (bicyclic) bond motifs is 1. The number of hydrogen-bond acceptors (Lipinski definition) is 4. The molecule has 1 aliphatic rings. The van der Waals surface area contributed by atoms with Crippen molar-refractivity contribution >= 4 is 35.1 Å². The van der Waals surface area contributed by atoms with Gasteiger partial charge in [0.2, 0.25) is 5.91 Å². The van der Waals surface area contributed by atoms with Gasteiger partial charge in [0, 0.05) is 13.1 Å². The Kier molecular flexibility index (Phi) is 7.42. The van der Waals surface area contributed by atoms with Crippen LogP contribution in [0.5, 0.6) is 0 Å². The molecular weight excluding hydrogens is 352 g/mol. The van der Waals surface area contributed by atoms with E-state index in [2.05, 4.69) is 34.9 Å². The van der Waals surface area contributed by atoms with Gasteiger partial charge in [-0.05, 0) is 35.7 Å². The van der Waals surface area contributed by atoms with Gasteiger partial charge in [0.1, 0.15) is 0 Å². The zero-order valence-corrected chi connectivity index (χ0v) is 15.7. The molecule has 1 amide bonds. The molecule has 1 fully saturated rings. The van der Waals surface area contributed by atoms with Crippen LogP contribution in [0, 0.1) is 11.8 Å². The number of methoxy groups -OCH3 is 1. The molecule has 26 heavy (non-hydrogen) atoms. The van der Waals surface area contributed by atoms with Crippen LogP contribution in [-0.4, -0.2) is 38.6 Å². The minimum atomic E-state index is -0.385. The van der Waals surface area contributed by atoms with Crippen LogP contribution < -0.4 is 10.6 Å². The summed E-state index contributed by atoms with van der Waals surface area (Å²) < 4.78 is 4.93. The fourth-order valence-corrected chi connectivity index (χ4v) is 3.30. The standard InChI is InChI=1S/C20H24N2O3.ClH/c1-25-20(24)18(13-22-19(23)17-8-9-21-12-17)11-14-6-7-15-4-2-3-5-16(15)10-14;/h2-7,10,17-18,21H,8-9,11-13H2,1H3,(H,22,23);1H. The van der Waals surface area contributed by atoms with Gasteiger partial charge in [0.25, 0.3) is 0 Å². The minimum absolute atomic E-state index is 0. The molecule has 3 rings (SSSR count). The highest BCUT2D eigenvalue weighted by atomic mass is 35.5. The number of esters is 1. The van der Waals surface area contributed by atoms with Crippen molar-refractivity contribution < 1.29 is 14.3 Å². The van der Waals surface area contributed by atoms with Crippen LogP contribution >= 0.6 is 12.4 Å². The lowest BCUT2D eigenvalue weighted by molar-refractivity contribution is -0.145. The van der Waals surface area contributed by atoms with Crippen LogP contribution in [0.4, 0.5) is 0 Å². The number of amides is 1. The lowest BCUT2D eigenvalue weighted by Gasteiger charge is -2.17. The quantitative estimate of drug-likeness (QED) is 0.759. The number of carbonyl (C=O) groups excluding carboxylic acids is 2. The van der Waals surface area contributed by atoms with Crippen molar-refractivity contribution in [1.82, 2.24) is 10.6 Å². The van der Waals surface area contributed by atoms with Crippen LogP contribution in [0.15, 0.2) is 42.5 Å². The Labute approximate surface area is 159 Å². The molecule has 2 aromatic carbocycles. The van der Waals surface area contributed by atoms with Crippen molar-refractivity contribution in [3.63, 3.8) is 0 Å². The molecule has 6 heteroatoms. The molecule has 140 valence electrons. The van der Waals surface area contributed by atoms with Crippen molar-refractivity contribution in [1.29, 1.82) is 0 Å². The third kappa shape index (κ3) is 4.96. The summed E-state index contributed by atoms with van der Waals surface area (Å²) in [4.78, 5) is 24.3. The maximum atomic E-state index is 12.2. The summed E-state index contributed by atoms with van der Waals surface area (Å²) in [5.74, 6) is -0.668. The monoisotopic (exact) mass is 376 g/mol. The highest BCUT2D eigenvalue weighted by Gasteiger charge is 2.25. The van der Waals surface area contributed by atoms with E-state index in [4.69, 9.17) is 4.74 Å². The summed E-state index contributed by atoms with van der Waals surface area (Å²) in [6.45, 7) is 1.88. The zero-order valence-electron chi connectivity index (χ0n) is 14.9. The molecule has 5 nitrogen and oxygen atoms in total. The van der Waals surface area contributed by atoms with Crippen LogP contribution in [0.2, 0.25) is 0 Å². The molecule has 0 aromatic heterocycles. The highest BCUT2D eigenvalue weighted by Crippen LogP contribution is 2.18. The molecule has 0 aliphatic carbocycles.